The van der Waals surface area contributed by atoms with E-state index in [1.54, 1.807) is 6.33 Å². The first-order valence-corrected chi connectivity index (χ1v) is 6.44. The van der Waals surface area contributed by atoms with Crippen LogP contribution in [-0.4, -0.2) is 19.8 Å². The van der Waals surface area contributed by atoms with Crippen molar-refractivity contribution in [2.75, 3.05) is 5.32 Å². The fraction of sp³-hybridized carbons (Fsp3) is 0.182. The van der Waals surface area contributed by atoms with E-state index in [1.165, 1.54) is 0 Å². The van der Waals surface area contributed by atoms with Crippen molar-refractivity contribution in [3.8, 4) is 0 Å². The molecule has 0 aliphatic heterocycles. The van der Waals surface area contributed by atoms with Crippen molar-refractivity contribution in [1.82, 2.24) is 14.8 Å². The van der Waals surface area contributed by atoms with Crippen molar-refractivity contribution in [1.29, 1.82) is 0 Å². The first-order valence-electron chi connectivity index (χ1n) is 5.24. The van der Waals surface area contributed by atoms with E-state index < -0.39 is 0 Å². The van der Waals surface area contributed by atoms with Crippen molar-refractivity contribution in [2.24, 2.45) is 12.8 Å². The second-order valence-corrected chi connectivity index (χ2v) is 5.06. The van der Waals surface area contributed by atoms with Gasteiger partial charge in [0, 0.05) is 22.8 Å². The summed E-state index contributed by atoms with van der Waals surface area (Å²) in [6.45, 7) is 0.599. The van der Waals surface area contributed by atoms with Gasteiger partial charge >= 0.3 is 0 Å². The largest absolute Gasteiger partial charge is 0.389 e. The monoisotopic (exact) mass is 325 g/mol. The summed E-state index contributed by atoms with van der Waals surface area (Å²) in [7, 11) is 1.90. The molecule has 0 saturated heterocycles. The van der Waals surface area contributed by atoms with Crippen molar-refractivity contribution < 1.29 is 0 Å². The van der Waals surface area contributed by atoms with E-state index in [0.717, 1.165) is 21.5 Å². The zero-order valence-corrected chi connectivity index (χ0v) is 12.1. The number of nitrogens with zero attached hydrogens (tertiary/aromatic N) is 3. The molecular formula is C11H12BrN5S. The van der Waals surface area contributed by atoms with E-state index >= 15 is 0 Å². The molecule has 2 rings (SSSR count). The maximum Gasteiger partial charge on any atom is 0.151 e. The van der Waals surface area contributed by atoms with Crippen molar-refractivity contribution in [3.63, 3.8) is 0 Å². The van der Waals surface area contributed by atoms with Crippen LogP contribution in [0.5, 0.6) is 0 Å². The molecule has 0 atom stereocenters. The van der Waals surface area contributed by atoms with Crippen molar-refractivity contribution in [2.45, 2.75) is 6.54 Å². The van der Waals surface area contributed by atoms with Gasteiger partial charge in [0.2, 0.25) is 0 Å². The van der Waals surface area contributed by atoms with Gasteiger partial charge in [-0.1, -0.05) is 12.2 Å². The lowest BCUT2D eigenvalue weighted by atomic mass is 10.2. The Labute approximate surface area is 119 Å². The summed E-state index contributed by atoms with van der Waals surface area (Å²) >= 11 is 8.40. The molecule has 0 aliphatic carbocycles. The number of nitrogens with two attached hydrogens (primary N) is 1. The standard InChI is InChI=1S/C11H12BrN5S/c1-17-6-15-16-10(17)5-14-9-3-2-7(11(13)18)4-8(9)12/h2-4,6,14H,5H2,1H3,(H2,13,18). The number of aromatic nitrogens is 3. The van der Waals surface area contributed by atoms with Crippen LogP contribution in [0.2, 0.25) is 0 Å². The van der Waals surface area contributed by atoms with E-state index in [1.807, 2.05) is 29.8 Å². The molecule has 0 unspecified atom stereocenters. The fourth-order valence-corrected chi connectivity index (χ4v) is 2.10. The number of nitrogens with one attached hydrogen (secondary N) is 1. The molecule has 0 fully saturated rings. The zero-order valence-electron chi connectivity index (χ0n) is 9.72. The van der Waals surface area contributed by atoms with Crippen molar-refractivity contribution in [3.05, 3.63) is 40.4 Å². The topological polar surface area (TPSA) is 68.8 Å². The van der Waals surface area contributed by atoms with Gasteiger partial charge in [0.05, 0.1) is 6.54 Å². The molecule has 3 N–H and O–H groups in total. The van der Waals surface area contributed by atoms with Crippen LogP contribution >= 0.6 is 28.1 Å². The quantitative estimate of drug-likeness (QED) is 0.839. The van der Waals surface area contributed by atoms with Crippen LogP contribution in [0, 0.1) is 0 Å². The SMILES string of the molecule is Cn1cnnc1CNc1ccc(C(N)=S)cc1Br. The first-order chi connectivity index (χ1) is 8.58. The highest BCUT2D eigenvalue weighted by Gasteiger charge is 2.05. The molecule has 0 amide bonds. The van der Waals surface area contributed by atoms with Gasteiger partial charge in [-0.15, -0.1) is 10.2 Å². The minimum Gasteiger partial charge on any atom is -0.389 e. The van der Waals surface area contributed by atoms with Gasteiger partial charge in [-0.05, 0) is 34.1 Å². The molecule has 0 saturated carbocycles. The third-order valence-corrected chi connectivity index (χ3v) is 3.39. The summed E-state index contributed by atoms with van der Waals surface area (Å²) < 4.78 is 2.78. The van der Waals surface area contributed by atoms with Gasteiger partial charge in [0.25, 0.3) is 0 Å². The van der Waals surface area contributed by atoms with Crippen LogP contribution in [-0.2, 0) is 13.6 Å². The van der Waals surface area contributed by atoms with Crippen LogP contribution in [0.25, 0.3) is 0 Å². The summed E-state index contributed by atoms with van der Waals surface area (Å²) in [5, 5.41) is 11.1. The molecule has 0 radical (unpaired) electrons. The molecule has 1 heterocycles. The average Bonchev–Trinajstić information content (AvgIpc) is 2.73. The highest BCUT2D eigenvalue weighted by Crippen LogP contribution is 2.24. The predicted octanol–water partition coefficient (Wildman–Crippen LogP) is 1.82. The summed E-state index contributed by atoms with van der Waals surface area (Å²) in [4.78, 5) is 0.385. The average molecular weight is 326 g/mol. The molecule has 0 spiro atoms. The summed E-state index contributed by atoms with van der Waals surface area (Å²) in [6.07, 6.45) is 1.67. The molecule has 2 aromatic rings. The molecular weight excluding hydrogens is 314 g/mol. The molecule has 94 valence electrons. The Morgan fingerprint density at radius 3 is 2.89 bits per heavy atom. The number of benzene rings is 1. The van der Waals surface area contributed by atoms with Gasteiger partial charge < -0.3 is 15.6 Å². The highest BCUT2D eigenvalue weighted by atomic mass is 79.9. The number of halogens is 1. The third-order valence-electron chi connectivity index (χ3n) is 2.50. The second-order valence-electron chi connectivity index (χ2n) is 3.77. The highest BCUT2D eigenvalue weighted by molar-refractivity contribution is 9.10. The lowest BCUT2D eigenvalue weighted by Crippen LogP contribution is -2.10. The molecule has 18 heavy (non-hydrogen) atoms. The molecule has 1 aromatic carbocycles. The third kappa shape index (κ3) is 2.85. The fourth-order valence-electron chi connectivity index (χ4n) is 1.45. The van der Waals surface area contributed by atoms with Crippen LogP contribution < -0.4 is 11.1 Å². The first kappa shape index (κ1) is 13.0. The number of hydrogen-bond acceptors (Lipinski definition) is 4. The van der Waals surface area contributed by atoms with Gasteiger partial charge in [-0.25, -0.2) is 0 Å². The van der Waals surface area contributed by atoms with Gasteiger partial charge in [0.15, 0.2) is 5.82 Å². The maximum absolute atomic E-state index is 5.57. The number of thiocarbonyl (C=S) groups is 1. The summed E-state index contributed by atoms with van der Waals surface area (Å²) in [5.41, 5.74) is 7.36. The lowest BCUT2D eigenvalue weighted by molar-refractivity contribution is 0.812. The minimum atomic E-state index is 0.385. The molecule has 7 heteroatoms. The predicted molar refractivity (Wildman–Crippen MR) is 78.4 cm³/mol. The maximum atomic E-state index is 5.57. The normalized spacial score (nSPS) is 10.3. The van der Waals surface area contributed by atoms with Crippen LogP contribution in [0.1, 0.15) is 11.4 Å². The molecule has 1 aromatic heterocycles. The Kier molecular flexibility index (Phi) is 3.93. The zero-order chi connectivity index (χ0) is 13.1. The van der Waals surface area contributed by atoms with Gasteiger partial charge in [0.1, 0.15) is 11.3 Å². The van der Waals surface area contributed by atoms with Crippen LogP contribution in [0.3, 0.4) is 0 Å². The van der Waals surface area contributed by atoms with E-state index in [2.05, 4.69) is 31.4 Å². The molecule has 0 aliphatic rings. The number of hydrogen-bond donors (Lipinski definition) is 2. The molecule has 5 nitrogen and oxygen atoms in total. The van der Waals surface area contributed by atoms with Gasteiger partial charge in [-0.2, -0.15) is 0 Å². The Morgan fingerprint density at radius 2 is 2.33 bits per heavy atom. The minimum absolute atomic E-state index is 0.385. The van der Waals surface area contributed by atoms with Gasteiger partial charge in [-0.3, -0.25) is 0 Å². The van der Waals surface area contributed by atoms with Crippen LogP contribution in [0.4, 0.5) is 5.69 Å². The number of anilines is 1. The Hall–Kier alpha value is -1.47. The van der Waals surface area contributed by atoms with E-state index in [9.17, 15) is 0 Å². The van der Waals surface area contributed by atoms with Crippen LogP contribution in [0.15, 0.2) is 29.0 Å². The summed E-state index contributed by atoms with van der Waals surface area (Å²) in [5.74, 6) is 0.861. The number of aryl methyl sites for hydroxylation is 1. The van der Waals surface area contributed by atoms with E-state index in [0.29, 0.717) is 11.5 Å². The smallest absolute Gasteiger partial charge is 0.151 e. The Morgan fingerprint density at radius 1 is 1.56 bits per heavy atom. The Bertz CT molecular complexity index is 581. The summed E-state index contributed by atoms with van der Waals surface area (Å²) in [6, 6.07) is 5.70. The van der Waals surface area contributed by atoms with E-state index in [-0.39, 0.29) is 0 Å². The Balaban J connectivity index is 2.11. The lowest BCUT2D eigenvalue weighted by Gasteiger charge is -2.09. The van der Waals surface area contributed by atoms with Crippen molar-refractivity contribution >= 4 is 38.8 Å². The molecule has 0 bridgehead atoms. The number of rotatable bonds is 4. The van der Waals surface area contributed by atoms with E-state index in [4.69, 9.17) is 18.0 Å². The second kappa shape index (κ2) is 5.45.